The number of nitrogens with zero attached hydrogens (tertiary/aromatic N) is 3. The Balaban J connectivity index is 1.87. The number of aromatic nitrogens is 2. The molecule has 0 radical (unpaired) electrons. The second-order valence-electron chi connectivity index (χ2n) is 6.02. The maximum absolute atomic E-state index is 6.61. The molecule has 0 N–H and O–H groups in total. The Morgan fingerprint density at radius 3 is 2.73 bits per heavy atom. The molecule has 5 heteroatoms. The second kappa shape index (κ2) is 6.41. The maximum Gasteiger partial charge on any atom is 0.137 e. The summed E-state index contributed by atoms with van der Waals surface area (Å²) in [7, 11) is 0. The van der Waals surface area contributed by atoms with Crippen molar-refractivity contribution in [2.75, 3.05) is 13.2 Å². The van der Waals surface area contributed by atoms with Gasteiger partial charge in [0.2, 0.25) is 0 Å². The van der Waals surface area contributed by atoms with Gasteiger partial charge in [0.15, 0.2) is 0 Å². The molecule has 0 aliphatic carbocycles. The molecule has 2 unspecified atom stereocenters. The van der Waals surface area contributed by atoms with Crippen LogP contribution in [0.4, 0.5) is 0 Å². The van der Waals surface area contributed by atoms with Crippen LogP contribution < -0.4 is 0 Å². The van der Waals surface area contributed by atoms with Crippen LogP contribution in [0.15, 0.2) is 30.3 Å². The SMILES string of the molecule is Cc1nn(-c2ccccc2)c(Cl)c1CN1CC(C)OCC1C. The van der Waals surface area contributed by atoms with E-state index in [9.17, 15) is 0 Å². The lowest BCUT2D eigenvalue weighted by atomic mass is 10.1. The molecular weight excluding hydrogens is 298 g/mol. The third-order valence-corrected chi connectivity index (χ3v) is 4.61. The van der Waals surface area contributed by atoms with Gasteiger partial charge in [-0.3, -0.25) is 4.90 Å². The van der Waals surface area contributed by atoms with Crippen molar-refractivity contribution >= 4 is 11.6 Å². The van der Waals surface area contributed by atoms with Crippen LogP contribution in [0.2, 0.25) is 5.15 Å². The number of morpholine rings is 1. The number of aryl methyl sites for hydroxylation is 1. The molecule has 1 aromatic heterocycles. The molecule has 1 saturated heterocycles. The predicted molar refractivity (Wildman–Crippen MR) is 88.6 cm³/mol. The second-order valence-corrected chi connectivity index (χ2v) is 6.38. The first kappa shape index (κ1) is 15.5. The van der Waals surface area contributed by atoms with Crippen molar-refractivity contribution in [3.05, 3.63) is 46.7 Å². The third-order valence-electron chi connectivity index (χ3n) is 4.22. The van der Waals surface area contributed by atoms with Crippen molar-refractivity contribution < 1.29 is 4.74 Å². The largest absolute Gasteiger partial charge is 0.376 e. The molecule has 1 aliphatic heterocycles. The summed E-state index contributed by atoms with van der Waals surface area (Å²) in [4.78, 5) is 2.42. The summed E-state index contributed by atoms with van der Waals surface area (Å²) >= 11 is 6.61. The molecule has 1 aromatic carbocycles. The van der Waals surface area contributed by atoms with Gasteiger partial charge >= 0.3 is 0 Å². The molecule has 2 heterocycles. The van der Waals surface area contributed by atoms with Crippen LogP contribution in [-0.4, -0.2) is 40.0 Å². The number of hydrogen-bond acceptors (Lipinski definition) is 3. The van der Waals surface area contributed by atoms with E-state index in [0.717, 1.165) is 36.6 Å². The van der Waals surface area contributed by atoms with Gasteiger partial charge in [-0.15, -0.1) is 0 Å². The van der Waals surface area contributed by atoms with Gasteiger partial charge in [-0.2, -0.15) is 5.10 Å². The number of ether oxygens (including phenoxy) is 1. The Hall–Kier alpha value is -1.36. The molecule has 4 nitrogen and oxygen atoms in total. The Morgan fingerprint density at radius 2 is 2.00 bits per heavy atom. The maximum atomic E-state index is 6.61. The van der Waals surface area contributed by atoms with Crippen LogP contribution in [0.3, 0.4) is 0 Å². The minimum absolute atomic E-state index is 0.263. The van der Waals surface area contributed by atoms with Gasteiger partial charge in [0, 0.05) is 24.7 Å². The van der Waals surface area contributed by atoms with Crippen molar-refractivity contribution in [2.24, 2.45) is 0 Å². The highest BCUT2D eigenvalue weighted by Crippen LogP contribution is 2.26. The van der Waals surface area contributed by atoms with E-state index in [0.29, 0.717) is 11.2 Å². The molecule has 2 atom stereocenters. The topological polar surface area (TPSA) is 30.3 Å². The summed E-state index contributed by atoms with van der Waals surface area (Å²) in [6.45, 7) is 8.83. The Labute approximate surface area is 136 Å². The van der Waals surface area contributed by atoms with Crippen LogP contribution in [-0.2, 0) is 11.3 Å². The van der Waals surface area contributed by atoms with Gasteiger partial charge in [-0.25, -0.2) is 4.68 Å². The van der Waals surface area contributed by atoms with Crippen molar-refractivity contribution in [2.45, 2.75) is 39.5 Å². The molecule has 22 heavy (non-hydrogen) atoms. The van der Waals surface area contributed by atoms with Gasteiger partial charge in [0.05, 0.1) is 24.1 Å². The standard InChI is InChI=1S/C17H22ClN3O/c1-12-11-22-13(2)9-20(12)10-16-14(3)19-21(17(16)18)15-7-5-4-6-8-15/h4-8,12-13H,9-11H2,1-3H3. The van der Waals surface area contributed by atoms with Gasteiger partial charge in [-0.1, -0.05) is 29.8 Å². The van der Waals surface area contributed by atoms with Gasteiger partial charge in [-0.05, 0) is 32.9 Å². The minimum Gasteiger partial charge on any atom is -0.376 e. The highest BCUT2D eigenvalue weighted by Gasteiger charge is 2.26. The van der Waals surface area contributed by atoms with E-state index in [-0.39, 0.29) is 6.10 Å². The Kier molecular flexibility index (Phi) is 4.52. The fraction of sp³-hybridized carbons (Fsp3) is 0.471. The van der Waals surface area contributed by atoms with Crippen molar-refractivity contribution in [1.29, 1.82) is 0 Å². The number of rotatable bonds is 3. The van der Waals surface area contributed by atoms with Crippen LogP contribution in [0.5, 0.6) is 0 Å². The van der Waals surface area contributed by atoms with Crippen LogP contribution in [0.25, 0.3) is 5.69 Å². The van der Waals surface area contributed by atoms with E-state index >= 15 is 0 Å². The van der Waals surface area contributed by atoms with Crippen molar-refractivity contribution in [1.82, 2.24) is 14.7 Å². The zero-order chi connectivity index (χ0) is 15.7. The van der Waals surface area contributed by atoms with E-state index in [1.54, 1.807) is 0 Å². The summed E-state index contributed by atoms with van der Waals surface area (Å²) in [5, 5.41) is 5.32. The number of halogens is 1. The molecule has 0 amide bonds. The molecule has 3 rings (SSSR count). The van der Waals surface area contributed by atoms with Gasteiger partial charge < -0.3 is 4.74 Å². The number of benzene rings is 1. The molecule has 1 fully saturated rings. The van der Waals surface area contributed by atoms with Crippen LogP contribution >= 0.6 is 11.6 Å². The number of hydrogen-bond donors (Lipinski definition) is 0. The van der Waals surface area contributed by atoms with E-state index in [1.165, 1.54) is 0 Å². The Morgan fingerprint density at radius 1 is 1.27 bits per heavy atom. The lowest BCUT2D eigenvalue weighted by molar-refractivity contribution is -0.0527. The normalized spacial score (nSPS) is 22.9. The van der Waals surface area contributed by atoms with E-state index in [1.807, 2.05) is 41.9 Å². The molecular formula is C17H22ClN3O. The number of para-hydroxylation sites is 1. The first-order valence-electron chi connectivity index (χ1n) is 7.71. The van der Waals surface area contributed by atoms with E-state index in [4.69, 9.17) is 16.3 Å². The van der Waals surface area contributed by atoms with Crippen LogP contribution in [0, 0.1) is 6.92 Å². The highest BCUT2D eigenvalue weighted by atomic mass is 35.5. The first-order chi connectivity index (χ1) is 10.6. The zero-order valence-electron chi connectivity index (χ0n) is 13.3. The predicted octanol–water partition coefficient (Wildman–Crippen LogP) is 3.44. The minimum atomic E-state index is 0.263. The summed E-state index contributed by atoms with van der Waals surface area (Å²) < 4.78 is 7.52. The van der Waals surface area contributed by atoms with Crippen LogP contribution in [0.1, 0.15) is 25.1 Å². The molecule has 0 saturated carbocycles. The van der Waals surface area contributed by atoms with Gasteiger partial charge in [0.1, 0.15) is 5.15 Å². The summed E-state index contributed by atoms with van der Waals surface area (Å²) in [5.41, 5.74) is 3.08. The molecule has 2 aromatic rings. The van der Waals surface area contributed by atoms with E-state index < -0.39 is 0 Å². The highest BCUT2D eigenvalue weighted by molar-refractivity contribution is 6.30. The van der Waals surface area contributed by atoms with Crippen molar-refractivity contribution in [3.8, 4) is 5.69 Å². The lowest BCUT2D eigenvalue weighted by Crippen LogP contribution is -2.46. The fourth-order valence-electron chi connectivity index (χ4n) is 2.85. The Bertz CT molecular complexity index is 641. The zero-order valence-corrected chi connectivity index (χ0v) is 14.0. The summed E-state index contributed by atoms with van der Waals surface area (Å²) in [6, 6.07) is 10.4. The molecule has 0 spiro atoms. The fourth-order valence-corrected chi connectivity index (χ4v) is 3.18. The molecule has 1 aliphatic rings. The molecule has 118 valence electrons. The van der Waals surface area contributed by atoms with Gasteiger partial charge in [0.25, 0.3) is 0 Å². The third kappa shape index (κ3) is 3.05. The molecule has 0 bridgehead atoms. The smallest absolute Gasteiger partial charge is 0.137 e. The lowest BCUT2D eigenvalue weighted by Gasteiger charge is -2.36. The van der Waals surface area contributed by atoms with E-state index in [2.05, 4.69) is 23.8 Å². The quantitative estimate of drug-likeness (QED) is 0.868. The summed E-state index contributed by atoms with van der Waals surface area (Å²) in [6.07, 6.45) is 0.263. The average molecular weight is 320 g/mol. The summed E-state index contributed by atoms with van der Waals surface area (Å²) in [5.74, 6) is 0. The average Bonchev–Trinajstić information content (AvgIpc) is 2.80. The first-order valence-corrected chi connectivity index (χ1v) is 8.09. The van der Waals surface area contributed by atoms with Crippen molar-refractivity contribution in [3.63, 3.8) is 0 Å². The monoisotopic (exact) mass is 319 g/mol.